The van der Waals surface area contributed by atoms with E-state index in [9.17, 15) is 4.79 Å². The van der Waals surface area contributed by atoms with Crippen LogP contribution in [0.2, 0.25) is 0 Å². The summed E-state index contributed by atoms with van der Waals surface area (Å²) < 4.78 is 0. The number of hydrogen-bond donors (Lipinski definition) is 1. The molecule has 3 nitrogen and oxygen atoms in total. The molecule has 0 bridgehead atoms. The Kier molecular flexibility index (Phi) is 3.90. The maximum absolute atomic E-state index is 12.4. The topological polar surface area (TPSA) is 32.3 Å². The van der Waals surface area contributed by atoms with Crippen LogP contribution in [-0.4, -0.2) is 30.9 Å². The largest absolute Gasteiger partial charge is 0.388 e. The lowest BCUT2D eigenvalue weighted by atomic mass is 9.88. The number of likely N-dealkylation sites (tertiary alicyclic amines) is 1. The summed E-state index contributed by atoms with van der Waals surface area (Å²) in [5.74, 6) is 1.48. The van der Waals surface area contributed by atoms with Gasteiger partial charge in [-0.3, -0.25) is 4.79 Å². The van der Waals surface area contributed by atoms with E-state index < -0.39 is 0 Å². The molecule has 18 heavy (non-hydrogen) atoms. The van der Waals surface area contributed by atoms with Crippen LogP contribution in [0.4, 0.5) is 5.69 Å². The first kappa shape index (κ1) is 12.9. The number of rotatable bonds is 2. The summed E-state index contributed by atoms with van der Waals surface area (Å²) in [4.78, 5) is 14.3. The predicted molar refractivity (Wildman–Crippen MR) is 74.8 cm³/mol. The Balaban J connectivity index is 2.06. The molecule has 1 amide bonds. The second-order valence-corrected chi connectivity index (χ2v) is 5.32. The standard InChI is InChI=1S/C15H22N2O/c1-11-8-9-17(10-12(11)2)15(18)13-4-6-14(16-3)7-5-13/h4-7,11-12,16H,8-10H2,1-3H3. The maximum Gasteiger partial charge on any atom is 0.253 e. The van der Waals surface area contributed by atoms with Crippen LogP contribution in [0.1, 0.15) is 30.6 Å². The fourth-order valence-electron chi connectivity index (χ4n) is 2.41. The Morgan fingerprint density at radius 1 is 1.22 bits per heavy atom. The average molecular weight is 246 g/mol. The summed E-state index contributed by atoms with van der Waals surface area (Å²) in [5.41, 5.74) is 1.82. The molecule has 0 aliphatic carbocycles. The van der Waals surface area contributed by atoms with E-state index in [1.165, 1.54) is 0 Å². The van der Waals surface area contributed by atoms with Crippen molar-refractivity contribution in [2.75, 3.05) is 25.5 Å². The molecule has 3 heteroatoms. The number of amides is 1. The van der Waals surface area contributed by atoms with Gasteiger partial charge in [0.2, 0.25) is 0 Å². The SMILES string of the molecule is CNc1ccc(C(=O)N2CCC(C)C(C)C2)cc1. The number of carbonyl (C=O) groups is 1. The molecule has 1 N–H and O–H groups in total. The highest BCUT2D eigenvalue weighted by atomic mass is 16.2. The zero-order valence-corrected chi connectivity index (χ0v) is 11.4. The number of hydrogen-bond acceptors (Lipinski definition) is 2. The first-order chi connectivity index (χ1) is 8.61. The van der Waals surface area contributed by atoms with Crippen LogP contribution >= 0.6 is 0 Å². The average Bonchev–Trinajstić information content (AvgIpc) is 2.41. The summed E-state index contributed by atoms with van der Waals surface area (Å²) >= 11 is 0. The van der Waals surface area contributed by atoms with Crippen molar-refractivity contribution in [3.63, 3.8) is 0 Å². The molecule has 2 unspecified atom stereocenters. The number of benzene rings is 1. The molecule has 0 saturated carbocycles. The van der Waals surface area contributed by atoms with Gasteiger partial charge in [-0.15, -0.1) is 0 Å². The van der Waals surface area contributed by atoms with Crippen LogP contribution in [0, 0.1) is 11.8 Å². The molecule has 1 aromatic rings. The van der Waals surface area contributed by atoms with Crippen molar-refractivity contribution in [2.24, 2.45) is 11.8 Å². The third-order valence-electron chi connectivity index (χ3n) is 4.04. The van der Waals surface area contributed by atoms with Gasteiger partial charge in [-0.25, -0.2) is 0 Å². The lowest BCUT2D eigenvalue weighted by Gasteiger charge is -2.35. The maximum atomic E-state index is 12.4. The van der Waals surface area contributed by atoms with Gasteiger partial charge in [-0.1, -0.05) is 13.8 Å². The summed E-state index contributed by atoms with van der Waals surface area (Å²) in [6, 6.07) is 7.69. The summed E-state index contributed by atoms with van der Waals surface area (Å²) in [5, 5.41) is 3.06. The minimum absolute atomic E-state index is 0.163. The summed E-state index contributed by atoms with van der Waals surface area (Å²) in [7, 11) is 1.88. The number of anilines is 1. The third-order valence-corrected chi connectivity index (χ3v) is 4.04. The van der Waals surface area contributed by atoms with Gasteiger partial charge in [0.15, 0.2) is 0 Å². The van der Waals surface area contributed by atoms with E-state index in [0.717, 1.165) is 36.7 Å². The molecule has 2 rings (SSSR count). The molecular weight excluding hydrogens is 224 g/mol. The van der Waals surface area contributed by atoms with E-state index >= 15 is 0 Å². The fraction of sp³-hybridized carbons (Fsp3) is 0.533. The monoisotopic (exact) mass is 246 g/mol. The van der Waals surface area contributed by atoms with Crippen molar-refractivity contribution in [1.29, 1.82) is 0 Å². The van der Waals surface area contributed by atoms with Gasteiger partial charge in [0.05, 0.1) is 0 Å². The molecule has 0 aromatic heterocycles. The van der Waals surface area contributed by atoms with E-state index in [4.69, 9.17) is 0 Å². The lowest BCUT2D eigenvalue weighted by molar-refractivity contribution is 0.0627. The molecule has 0 spiro atoms. The van der Waals surface area contributed by atoms with Gasteiger partial charge in [0.25, 0.3) is 5.91 Å². The third kappa shape index (κ3) is 2.66. The van der Waals surface area contributed by atoms with Crippen molar-refractivity contribution in [1.82, 2.24) is 4.90 Å². The highest BCUT2D eigenvalue weighted by Crippen LogP contribution is 2.23. The Morgan fingerprint density at radius 2 is 1.89 bits per heavy atom. The van der Waals surface area contributed by atoms with Crippen LogP contribution in [0.25, 0.3) is 0 Å². The van der Waals surface area contributed by atoms with E-state index in [-0.39, 0.29) is 5.91 Å². The highest BCUT2D eigenvalue weighted by molar-refractivity contribution is 5.94. The second kappa shape index (κ2) is 5.42. The quantitative estimate of drug-likeness (QED) is 0.870. The van der Waals surface area contributed by atoms with Crippen LogP contribution in [0.15, 0.2) is 24.3 Å². The molecule has 0 radical (unpaired) electrons. The van der Waals surface area contributed by atoms with E-state index in [2.05, 4.69) is 19.2 Å². The molecule has 98 valence electrons. The smallest absolute Gasteiger partial charge is 0.253 e. The molecule has 1 heterocycles. The van der Waals surface area contributed by atoms with Gasteiger partial charge in [-0.2, -0.15) is 0 Å². The molecule has 2 atom stereocenters. The molecule has 1 fully saturated rings. The van der Waals surface area contributed by atoms with Gasteiger partial charge >= 0.3 is 0 Å². The Bertz CT molecular complexity index is 413. The van der Waals surface area contributed by atoms with Crippen molar-refractivity contribution < 1.29 is 4.79 Å². The fourth-order valence-corrected chi connectivity index (χ4v) is 2.41. The van der Waals surface area contributed by atoms with Crippen LogP contribution in [-0.2, 0) is 0 Å². The van der Waals surface area contributed by atoms with Gasteiger partial charge in [-0.05, 0) is 42.5 Å². The molecule has 1 saturated heterocycles. The van der Waals surface area contributed by atoms with Gasteiger partial charge in [0.1, 0.15) is 0 Å². The minimum atomic E-state index is 0.163. The molecule has 1 aromatic carbocycles. The van der Waals surface area contributed by atoms with Crippen LogP contribution < -0.4 is 5.32 Å². The van der Waals surface area contributed by atoms with Crippen LogP contribution in [0.3, 0.4) is 0 Å². The zero-order chi connectivity index (χ0) is 13.1. The van der Waals surface area contributed by atoms with Gasteiger partial charge in [0, 0.05) is 31.4 Å². The summed E-state index contributed by atoms with van der Waals surface area (Å²) in [6.45, 7) is 6.27. The zero-order valence-electron chi connectivity index (χ0n) is 11.4. The normalized spacial score (nSPS) is 23.8. The summed E-state index contributed by atoms with van der Waals surface area (Å²) in [6.07, 6.45) is 1.11. The van der Waals surface area contributed by atoms with E-state index in [0.29, 0.717) is 5.92 Å². The number of piperidine rings is 1. The number of nitrogens with zero attached hydrogens (tertiary/aromatic N) is 1. The Hall–Kier alpha value is -1.51. The van der Waals surface area contributed by atoms with E-state index in [1.54, 1.807) is 0 Å². The number of carbonyl (C=O) groups excluding carboxylic acids is 1. The molecule has 1 aliphatic heterocycles. The first-order valence-electron chi connectivity index (χ1n) is 6.69. The van der Waals surface area contributed by atoms with E-state index in [1.807, 2.05) is 36.2 Å². The first-order valence-corrected chi connectivity index (χ1v) is 6.69. The van der Waals surface area contributed by atoms with Crippen molar-refractivity contribution >= 4 is 11.6 Å². The second-order valence-electron chi connectivity index (χ2n) is 5.32. The Labute approximate surface area is 109 Å². The van der Waals surface area contributed by atoms with Crippen molar-refractivity contribution in [3.8, 4) is 0 Å². The highest BCUT2D eigenvalue weighted by Gasteiger charge is 2.26. The number of nitrogens with one attached hydrogen (secondary N) is 1. The van der Waals surface area contributed by atoms with Crippen LogP contribution in [0.5, 0.6) is 0 Å². The predicted octanol–water partition coefficient (Wildman–Crippen LogP) is 2.85. The molecular formula is C15H22N2O. The van der Waals surface area contributed by atoms with Crippen molar-refractivity contribution in [2.45, 2.75) is 20.3 Å². The van der Waals surface area contributed by atoms with Crippen molar-refractivity contribution in [3.05, 3.63) is 29.8 Å². The lowest BCUT2D eigenvalue weighted by Crippen LogP contribution is -2.42. The Morgan fingerprint density at radius 3 is 2.44 bits per heavy atom. The van der Waals surface area contributed by atoms with Gasteiger partial charge < -0.3 is 10.2 Å². The molecule has 1 aliphatic rings. The minimum Gasteiger partial charge on any atom is -0.388 e.